The van der Waals surface area contributed by atoms with E-state index in [1.807, 2.05) is 19.1 Å². The predicted molar refractivity (Wildman–Crippen MR) is 112 cm³/mol. The standard InChI is InChI=1S/C22H26ClFN4O2/c1-16-21(29)28(14-18-5-4-17(24)13-26-18)15-22(30-16)7-11-27(12-8-22)10-6-20-19(23)3-2-9-25-20/h2-5,9,13,16H,6-8,10-12,14-15H2,1H3. The number of halogens is 2. The van der Waals surface area contributed by atoms with Crippen molar-refractivity contribution in [3.8, 4) is 0 Å². The highest BCUT2D eigenvalue weighted by Crippen LogP contribution is 2.33. The van der Waals surface area contributed by atoms with E-state index in [-0.39, 0.29) is 17.3 Å². The molecule has 4 rings (SSSR count). The summed E-state index contributed by atoms with van der Waals surface area (Å²) in [7, 11) is 0. The van der Waals surface area contributed by atoms with Gasteiger partial charge in [0.15, 0.2) is 0 Å². The fourth-order valence-corrected chi connectivity index (χ4v) is 4.52. The molecule has 0 aromatic carbocycles. The molecule has 1 spiro atoms. The smallest absolute Gasteiger partial charge is 0.251 e. The minimum Gasteiger partial charge on any atom is -0.360 e. The van der Waals surface area contributed by atoms with Gasteiger partial charge in [-0.25, -0.2) is 4.39 Å². The summed E-state index contributed by atoms with van der Waals surface area (Å²) in [5, 5.41) is 0.707. The number of aromatic nitrogens is 2. The van der Waals surface area contributed by atoms with Crippen LogP contribution in [0, 0.1) is 5.82 Å². The SMILES string of the molecule is CC1OC2(CCN(CCc3ncccc3Cl)CC2)CN(Cc2ccc(F)cn2)C1=O. The first-order chi connectivity index (χ1) is 14.4. The second-order valence-corrected chi connectivity index (χ2v) is 8.54. The third kappa shape index (κ3) is 4.79. The molecule has 2 aliphatic heterocycles. The summed E-state index contributed by atoms with van der Waals surface area (Å²) in [6.45, 7) is 5.40. The van der Waals surface area contributed by atoms with Gasteiger partial charge in [0, 0.05) is 32.3 Å². The average molecular weight is 433 g/mol. The molecule has 1 unspecified atom stereocenters. The molecule has 2 fully saturated rings. The highest BCUT2D eigenvalue weighted by molar-refractivity contribution is 6.31. The van der Waals surface area contributed by atoms with Crippen molar-refractivity contribution >= 4 is 17.5 Å². The molecule has 8 heteroatoms. The lowest BCUT2D eigenvalue weighted by atomic mass is 9.88. The summed E-state index contributed by atoms with van der Waals surface area (Å²) in [6, 6.07) is 6.71. The number of ether oxygens (including phenoxy) is 1. The Hall–Kier alpha value is -2.09. The van der Waals surface area contributed by atoms with Crippen LogP contribution in [0.15, 0.2) is 36.7 Å². The van der Waals surface area contributed by atoms with Crippen LogP contribution in [-0.4, -0.2) is 63.6 Å². The number of pyridine rings is 2. The zero-order valence-corrected chi connectivity index (χ0v) is 17.8. The Morgan fingerprint density at radius 1 is 1.27 bits per heavy atom. The van der Waals surface area contributed by atoms with Crippen molar-refractivity contribution in [2.24, 2.45) is 0 Å². The molecule has 2 saturated heterocycles. The number of nitrogens with zero attached hydrogens (tertiary/aromatic N) is 4. The van der Waals surface area contributed by atoms with E-state index in [1.165, 1.54) is 12.3 Å². The predicted octanol–water partition coefficient (Wildman–Crippen LogP) is 3.09. The number of hydrogen-bond donors (Lipinski definition) is 0. The van der Waals surface area contributed by atoms with E-state index in [9.17, 15) is 9.18 Å². The summed E-state index contributed by atoms with van der Waals surface area (Å²) in [5.74, 6) is -0.421. The van der Waals surface area contributed by atoms with Gasteiger partial charge in [-0.1, -0.05) is 11.6 Å². The first-order valence-corrected chi connectivity index (χ1v) is 10.7. The number of carbonyl (C=O) groups is 1. The lowest BCUT2D eigenvalue weighted by Gasteiger charge is -2.49. The van der Waals surface area contributed by atoms with Crippen molar-refractivity contribution < 1.29 is 13.9 Å². The van der Waals surface area contributed by atoms with E-state index in [1.54, 1.807) is 17.2 Å². The van der Waals surface area contributed by atoms with E-state index in [2.05, 4.69) is 14.9 Å². The molecule has 2 aliphatic rings. The quantitative estimate of drug-likeness (QED) is 0.726. The highest BCUT2D eigenvalue weighted by Gasteiger charge is 2.45. The largest absolute Gasteiger partial charge is 0.360 e. The minimum atomic E-state index is -0.488. The number of morpholine rings is 1. The van der Waals surface area contributed by atoms with Gasteiger partial charge in [-0.3, -0.25) is 14.8 Å². The van der Waals surface area contributed by atoms with Crippen LogP contribution >= 0.6 is 11.6 Å². The summed E-state index contributed by atoms with van der Waals surface area (Å²) in [6.07, 6.45) is 4.99. The summed E-state index contributed by atoms with van der Waals surface area (Å²) in [5.41, 5.74) is 1.26. The Bertz CT molecular complexity index is 887. The van der Waals surface area contributed by atoms with Crippen LogP contribution in [0.4, 0.5) is 4.39 Å². The summed E-state index contributed by atoms with van der Waals surface area (Å²) in [4.78, 5) is 25.3. The van der Waals surface area contributed by atoms with E-state index in [0.717, 1.165) is 44.6 Å². The Balaban J connectivity index is 1.35. The first kappa shape index (κ1) is 21.2. The number of amides is 1. The van der Waals surface area contributed by atoms with Crippen LogP contribution in [0.2, 0.25) is 5.02 Å². The van der Waals surface area contributed by atoms with Gasteiger partial charge in [-0.05, 0) is 44.0 Å². The maximum absolute atomic E-state index is 13.1. The van der Waals surface area contributed by atoms with Gasteiger partial charge < -0.3 is 14.5 Å². The van der Waals surface area contributed by atoms with Crippen LogP contribution < -0.4 is 0 Å². The van der Waals surface area contributed by atoms with E-state index in [4.69, 9.17) is 16.3 Å². The van der Waals surface area contributed by atoms with Gasteiger partial charge in [0.2, 0.25) is 0 Å². The molecule has 0 bridgehead atoms. The summed E-state index contributed by atoms with van der Waals surface area (Å²) < 4.78 is 19.4. The van der Waals surface area contributed by atoms with Crippen molar-refractivity contribution in [2.45, 2.75) is 44.4 Å². The van der Waals surface area contributed by atoms with E-state index < -0.39 is 6.10 Å². The van der Waals surface area contributed by atoms with Crippen molar-refractivity contribution in [2.75, 3.05) is 26.2 Å². The van der Waals surface area contributed by atoms with Gasteiger partial charge in [0.1, 0.15) is 11.9 Å². The fraction of sp³-hybridized carbons (Fsp3) is 0.500. The molecule has 2 aromatic heterocycles. The number of hydrogen-bond acceptors (Lipinski definition) is 5. The molecular weight excluding hydrogens is 407 g/mol. The Morgan fingerprint density at radius 2 is 2.07 bits per heavy atom. The zero-order chi connectivity index (χ0) is 21.1. The summed E-state index contributed by atoms with van der Waals surface area (Å²) >= 11 is 6.22. The Kier molecular flexibility index (Phi) is 6.32. The van der Waals surface area contributed by atoms with Crippen molar-refractivity contribution in [1.82, 2.24) is 19.8 Å². The molecule has 0 saturated carbocycles. The third-order valence-corrected chi connectivity index (χ3v) is 6.32. The van der Waals surface area contributed by atoms with E-state index in [0.29, 0.717) is 23.8 Å². The Labute approximate surface area is 181 Å². The van der Waals surface area contributed by atoms with Crippen LogP contribution in [0.5, 0.6) is 0 Å². The number of piperidine rings is 1. The molecule has 0 N–H and O–H groups in total. The number of carbonyl (C=O) groups excluding carboxylic acids is 1. The normalized spacial score (nSPS) is 21.9. The van der Waals surface area contributed by atoms with Crippen LogP contribution in [0.1, 0.15) is 31.2 Å². The second-order valence-electron chi connectivity index (χ2n) is 8.13. The molecule has 30 heavy (non-hydrogen) atoms. The van der Waals surface area contributed by atoms with Crippen LogP contribution in [0.3, 0.4) is 0 Å². The molecule has 0 aliphatic carbocycles. The first-order valence-electron chi connectivity index (χ1n) is 10.3. The molecule has 4 heterocycles. The van der Waals surface area contributed by atoms with Gasteiger partial charge >= 0.3 is 0 Å². The molecule has 0 radical (unpaired) electrons. The maximum Gasteiger partial charge on any atom is 0.251 e. The van der Waals surface area contributed by atoms with Crippen molar-refractivity contribution in [1.29, 1.82) is 0 Å². The molecule has 1 atom stereocenters. The topological polar surface area (TPSA) is 58.6 Å². The van der Waals surface area contributed by atoms with E-state index >= 15 is 0 Å². The average Bonchev–Trinajstić information content (AvgIpc) is 2.74. The lowest BCUT2D eigenvalue weighted by Crippen LogP contribution is -2.61. The maximum atomic E-state index is 13.1. The van der Waals surface area contributed by atoms with Crippen molar-refractivity contribution in [3.63, 3.8) is 0 Å². The molecule has 1 amide bonds. The molecule has 160 valence electrons. The third-order valence-electron chi connectivity index (χ3n) is 5.97. The van der Waals surface area contributed by atoms with Crippen LogP contribution in [-0.2, 0) is 22.5 Å². The van der Waals surface area contributed by atoms with Crippen LogP contribution in [0.25, 0.3) is 0 Å². The molecule has 6 nitrogen and oxygen atoms in total. The van der Waals surface area contributed by atoms with Gasteiger partial charge in [0.25, 0.3) is 5.91 Å². The zero-order valence-electron chi connectivity index (χ0n) is 17.1. The highest BCUT2D eigenvalue weighted by atomic mass is 35.5. The van der Waals surface area contributed by atoms with Gasteiger partial charge in [-0.15, -0.1) is 0 Å². The lowest BCUT2D eigenvalue weighted by molar-refractivity contribution is -0.190. The van der Waals surface area contributed by atoms with Gasteiger partial charge in [0.05, 0.1) is 41.3 Å². The molecule has 2 aromatic rings. The van der Waals surface area contributed by atoms with Gasteiger partial charge in [-0.2, -0.15) is 0 Å². The van der Waals surface area contributed by atoms with Crippen molar-refractivity contribution in [3.05, 3.63) is 58.9 Å². The number of likely N-dealkylation sites (tertiary alicyclic amines) is 1. The molecular formula is C22H26ClFN4O2. The Morgan fingerprint density at radius 3 is 2.77 bits per heavy atom. The number of rotatable bonds is 5. The fourth-order valence-electron chi connectivity index (χ4n) is 4.30. The minimum absolute atomic E-state index is 0.0426. The monoisotopic (exact) mass is 432 g/mol. The second kappa shape index (κ2) is 8.96.